The first-order valence-corrected chi connectivity index (χ1v) is 21.8. The van der Waals surface area contributed by atoms with E-state index in [-0.39, 0.29) is 32.0 Å². The lowest BCUT2D eigenvalue weighted by atomic mass is 9.99. The Balaban J connectivity index is 2.34. The molecular weight excluding hydrogens is 676 g/mol. The van der Waals surface area contributed by atoms with Crippen molar-refractivity contribution in [1.29, 1.82) is 0 Å². The number of ether oxygens (including phenoxy) is 4. The first-order chi connectivity index (χ1) is 25.8. The minimum atomic E-state index is -1.59. The van der Waals surface area contributed by atoms with E-state index in [2.05, 4.69) is 26.0 Å². The van der Waals surface area contributed by atoms with E-state index in [9.17, 15) is 30.0 Å². The van der Waals surface area contributed by atoms with Gasteiger partial charge in [-0.05, 0) is 38.5 Å². The molecule has 1 aliphatic heterocycles. The average molecular weight is 757 g/mol. The van der Waals surface area contributed by atoms with Crippen molar-refractivity contribution in [2.45, 2.75) is 230 Å². The summed E-state index contributed by atoms with van der Waals surface area (Å²) in [7, 11) is 0. The molecule has 0 saturated carbocycles. The number of carbonyl (C=O) groups is 2. The summed E-state index contributed by atoms with van der Waals surface area (Å²) < 4.78 is 22.1. The first kappa shape index (κ1) is 49.5. The molecule has 4 N–H and O–H groups in total. The zero-order chi connectivity index (χ0) is 38.8. The van der Waals surface area contributed by atoms with Crippen LogP contribution in [-0.2, 0) is 28.5 Å². The summed E-state index contributed by atoms with van der Waals surface area (Å²) >= 11 is 0. The quantitative estimate of drug-likeness (QED) is 0.0277. The SMILES string of the molecule is CCCCCCCC/C=C\CCCCCCCC(=O)OC[C@H](COC1OC(CO)C(O)C(O)C1O)OC(=O)CCCCCCCCCCCCCCC. The molecule has 0 aliphatic carbocycles. The van der Waals surface area contributed by atoms with Gasteiger partial charge < -0.3 is 39.4 Å². The second kappa shape index (κ2) is 34.9. The molecule has 5 unspecified atom stereocenters. The molecule has 1 aliphatic rings. The van der Waals surface area contributed by atoms with Gasteiger partial charge in [-0.15, -0.1) is 0 Å². The molecule has 0 radical (unpaired) electrons. The summed E-state index contributed by atoms with van der Waals surface area (Å²) in [4.78, 5) is 25.3. The topological polar surface area (TPSA) is 152 Å². The van der Waals surface area contributed by atoms with Gasteiger partial charge >= 0.3 is 11.9 Å². The Morgan fingerprint density at radius 3 is 1.47 bits per heavy atom. The molecule has 10 heteroatoms. The van der Waals surface area contributed by atoms with Crippen molar-refractivity contribution in [2.75, 3.05) is 19.8 Å². The smallest absolute Gasteiger partial charge is 0.306 e. The molecule has 0 spiro atoms. The van der Waals surface area contributed by atoms with Crippen molar-refractivity contribution in [3.05, 3.63) is 12.2 Å². The third kappa shape index (κ3) is 26.8. The Bertz CT molecular complexity index is 881. The van der Waals surface area contributed by atoms with Crippen LogP contribution in [0.1, 0.15) is 194 Å². The Morgan fingerprint density at radius 2 is 1.00 bits per heavy atom. The van der Waals surface area contributed by atoms with Gasteiger partial charge in [-0.25, -0.2) is 0 Å². The summed E-state index contributed by atoms with van der Waals surface area (Å²) in [5, 5.41) is 40.0. The van der Waals surface area contributed by atoms with E-state index in [1.165, 1.54) is 103 Å². The van der Waals surface area contributed by atoms with E-state index in [1.807, 2.05) is 0 Å². The lowest BCUT2D eigenvalue weighted by Crippen LogP contribution is -2.59. The van der Waals surface area contributed by atoms with Crippen molar-refractivity contribution in [1.82, 2.24) is 0 Å². The number of hydrogen-bond donors (Lipinski definition) is 4. The summed E-state index contributed by atoms with van der Waals surface area (Å²) in [6, 6.07) is 0. The number of carbonyl (C=O) groups excluding carboxylic acids is 2. The molecule has 0 bridgehead atoms. The maximum absolute atomic E-state index is 12.7. The number of allylic oxidation sites excluding steroid dienone is 2. The van der Waals surface area contributed by atoms with E-state index < -0.39 is 49.4 Å². The molecule has 1 saturated heterocycles. The highest BCUT2D eigenvalue weighted by molar-refractivity contribution is 5.70. The average Bonchev–Trinajstić information content (AvgIpc) is 3.15. The zero-order valence-electron chi connectivity index (χ0n) is 33.8. The first-order valence-electron chi connectivity index (χ1n) is 21.8. The zero-order valence-corrected chi connectivity index (χ0v) is 33.8. The normalized spacial score (nSPS) is 20.9. The van der Waals surface area contributed by atoms with Crippen LogP contribution < -0.4 is 0 Å². The molecule has 10 nitrogen and oxygen atoms in total. The monoisotopic (exact) mass is 757 g/mol. The largest absolute Gasteiger partial charge is 0.462 e. The lowest BCUT2D eigenvalue weighted by Gasteiger charge is -2.39. The Hall–Kier alpha value is -1.56. The Morgan fingerprint density at radius 1 is 0.566 bits per heavy atom. The Kier molecular flexibility index (Phi) is 32.6. The number of aliphatic hydroxyl groups is 4. The van der Waals surface area contributed by atoms with Crippen molar-refractivity contribution in [3.8, 4) is 0 Å². The van der Waals surface area contributed by atoms with E-state index in [0.717, 1.165) is 57.8 Å². The van der Waals surface area contributed by atoms with Crippen LogP contribution in [0.4, 0.5) is 0 Å². The van der Waals surface area contributed by atoms with Crippen LogP contribution in [0, 0.1) is 0 Å². The van der Waals surface area contributed by atoms with E-state index in [0.29, 0.717) is 6.42 Å². The van der Waals surface area contributed by atoms with Gasteiger partial charge in [0, 0.05) is 12.8 Å². The molecule has 0 aromatic carbocycles. The third-order valence-electron chi connectivity index (χ3n) is 10.2. The van der Waals surface area contributed by atoms with Crippen LogP contribution in [-0.4, -0.2) is 89.0 Å². The molecule has 1 fully saturated rings. The molecule has 312 valence electrons. The maximum atomic E-state index is 12.7. The number of unbranched alkanes of at least 4 members (excludes halogenated alkanes) is 23. The number of esters is 2. The van der Waals surface area contributed by atoms with Crippen LogP contribution in [0.5, 0.6) is 0 Å². The molecule has 0 amide bonds. The van der Waals surface area contributed by atoms with Crippen LogP contribution in [0.3, 0.4) is 0 Å². The number of hydrogen-bond acceptors (Lipinski definition) is 10. The van der Waals surface area contributed by atoms with Crippen molar-refractivity contribution in [2.24, 2.45) is 0 Å². The van der Waals surface area contributed by atoms with Crippen LogP contribution in [0.2, 0.25) is 0 Å². The molecular formula is C43H80O10. The predicted octanol–water partition coefficient (Wildman–Crippen LogP) is 8.78. The van der Waals surface area contributed by atoms with Gasteiger partial charge in [-0.1, -0.05) is 154 Å². The summed E-state index contributed by atoms with van der Waals surface area (Å²) in [6.07, 6.45) is 27.9. The second-order valence-electron chi connectivity index (χ2n) is 15.2. The fraction of sp³-hybridized carbons (Fsp3) is 0.907. The van der Waals surface area contributed by atoms with Gasteiger partial charge in [0.05, 0.1) is 13.2 Å². The minimum Gasteiger partial charge on any atom is -0.462 e. The van der Waals surface area contributed by atoms with Crippen LogP contribution >= 0.6 is 0 Å². The summed E-state index contributed by atoms with van der Waals surface area (Å²) in [6.45, 7) is 3.41. The molecule has 53 heavy (non-hydrogen) atoms. The van der Waals surface area contributed by atoms with Gasteiger partial charge in [0.25, 0.3) is 0 Å². The fourth-order valence-corrected chi connectivity index (χ4v) is 6.65. The predicted molar refractivity (Wildman–Crippen MR) is 210 cm³/mol. The van der Waals surface area contributed by atoms with Gasteiger partial charge in [-0.2, -0.15) is 0 Å². The van der Waals surface area contributed by atoms with E-state index in [1.54, 1.807) is 0 Å². The highest BCUT2D eigenvalue weighted by atomic mass is 16.7. The number of rotatable bonds is 36. The van der Waals surface area contributed by atoms with E-state index >= 15 is 0 Å². The molecule has 0 aromatic heterocycles. The molecule has 1 rings (SSSR count). The van der Waals surface area contributed by atoms with Crippen LogP contribution in [0.15, 0.2) is 12.2 Å². The van der Waals surface area contributed by atoms with Crippen molar-refractivity contribution < 1.29 is 49.0 Å². The molecule has 6 atom stereocenters. The third-order valence-corrected chi connectivity index (χ3v) is 10.2. The maximum Gasteiger partial charge on any atom is 0.306 e. The molecule has 1 heterocycles. The van der Waals surface area contributed by atoms with Gasteiger partial charge in [0.2, 0.25) is 0 Å². The van der Waals surface area contributed by atoms with Gasteiger partial charge in [0.15, 0.2) is 12.4 Å². The summed E-state index contributed by atoms with van der Waals surface area (Å²) in [5.74, 6) is -0.809. The van der Waals surface area contributed by atoms with E-state index in [4.69, 9.17) is 18.9 Å². The number of aliphatic hydroxyl groups excluding tert-OH is 4. The highest BCUT2D eigenvalue weighted by Crippen LogP contribution is 2.23. The van der Waals surface area contributed by atoms with Gasteiger partial charge in [-0.3, -0.25) is 9.59 Å². The van der Waals surface area contributed by atoms with Crippen molar-refractivity contribution in [3.63, 3.8) is 0 Å². The highest BCUT2D eigenvalue weighted by Gasteiger charge is 2.44. The molecule has 0 aromatic rings. The van der Waals surface area contributed by atoms with Crippen LogP contribution in [0.25, 0.3) is 0 Å². The van der Waals surface area contributed by atoms with Crippen molar-refractivity contribution >= 4 is 11.9 Å². The standard InChI is InChI=1S/C43H80O10/c1-3-5-7-9-11-13-15-17-18-20-21-23-25-27-29-31-38(45)50-34-36(35-51-43-42(49)41(48)40(47)37(33-44)53-43)52-39(46)32-30-28-26-24-22-19-16-14-12-10-8-6-4-2/h17-18,36-37,40-44,47-49H,3-16,19-35H2,1-2H3/b18-17-/t36-,37?,40?,41?,42?,43?/m1/s1. The second-order valence-corrected chi connectivity index (χ2v) is 15.2. The lowest BCUT2D eigenvalue weighted by molar-refractivity contribution is -0.305. The van der Waals surface area contributed by atoms with Gasteiger partial charge in [0.1, 0.15) is 31.0 Å². The fourth-order valence-electron chi connectivity index (χ4n) is 6.65. The summed E-state index contributed by atoms with van der Waals surface area (Å²) in [5.41, 5.74) is 0. The minimum absolute atomic E-state index is 0.217. The Labute approximate surface area is 322 Å².